The lowest BCUT2D eigenvalue weighted by Crippen LogP contribution is -2.40. The average molecular weight is 148 g/mol. The molecule has 0 aromatic rings. The van der Waals surface area contributed by atoms with Crippen LogP contribution >= 0.6 is 0 Å². The molecule has 2 rings (SSSR count). The van der Waals surface area contributed by atoms with Crippen molar-refractivity contribution in [3.05, 3.63) is 0 Å². The number of hydrazine groups is 1. The summed E-state index contributed by atoms with van der Waals surface area (Å²) in [5.41, 5.74) is 2.93. The molecule has 58 valence electrons. The second kappa shape index (κ2) is 1.51. The van der Waals surface area contributed by atoms with Gasteiger partial charge in [-0.25, -0.2) is 13.8 Å². The van der Waals surface area contributed by atoms with Crippen molar-refractivity contribution in [1.29, 1.82) is 0 Å². The molecule has 4 heteroatoms. The first-order chi connectivity index (χ1) is 4.55. The molecule has 1 saturated heterocycles. The number of nitrogens with zero attached hydrogens (tertiary/aromatic N) is 1. The first-order valence-corrected chi connectivity index (χ1v) is 3.42. The maximum Gasteiger partial charge on any atom is 0.271 e. The van der Waals surface area contributed by atoms with Crippen molar-refractivity contribution in [3.63, 3.8) is 0 Å². The summed E-state index contributed by atoms with van der Waals surface area (Å²) in [5, 5.41) is 1.52. The van der Waals surface area contributed by atoms with E-state index in [1.165, 1.54) is 5.01 Å². The molecule has 0 spiro atoms. The first-order valence-electron chi connectivity index (χ1n) is 3.42. The van der Waals surface area contributed by atoms with Crippen molar-refractivity contribution < 1.29 is 8.78 Å². The molecule has 3 atom stereocenters. The van der Waals surface area contributed by atoms with Gasteiger partial charge in [-0.05, 0) is 6.92 Å². The van der Waals surface area contributed by atoms with Crippen molar-refractivity contribution in [1.82, 2.24) is 10.4 Å². The van der Waals surface area contributed by atoms with Gasteiger partial charge in [0.2, 0.25) is 0 Å². The zero-order chi connectivity index (χ0) is 7.52. The number of hydrogen-bond acceptors (Lipinski definition) is 2. The van der Waals surface area contributed by atoms with Crippen LogP contribution in [0, 0.1) is 5.92 Å². The number of alkyl halides is 2. The molecule has 1 aliphatic carbocycles. The van der Waals surface area contributed by atoms with Gasteiger partial charge in [-0.1, -0.05) is 0 Å². The number of hydrogen-bond donors (Lipinski definition) is 1. The Morgan fingerprint density at radius 1 is 1.50 bits per heavy atom. The summed E-state index contributed by atoms with van der Waals surface area (Å²) >= 11 is 0. The molecule has 1 heterocycles. The Bertz CT molecular complexity index is 155. The quantitative estimate of drug-likeness (QED) is 0.537. The minimum atomic E-state index is -2.43. The predicted molar refractivity (Wildman–Crippen MR) is 32.6 cm³/mol. The molecule has 1 N–H and O–H groups in total. The van der Waals surface area contributed by atoms with E-state index in [-0.39, 0.29) is 6.04 Å². The number of rotatable bonds is 0. The monoisotopic (exact) mass is 148 g/mol. The Balaban J connectivity index is 2.18. The summed E-state index contributed by atoms with van der Waals surface area (Å²) in [7, 11) is 1.67. The second-order valence-electron chi connectivity index (χ2n) is 3.17. The van der Waals surface area contributed by atoms with E-state index >= 15 is 0 Å². The van der Waals surface area contributed by atoms with Crippen LogP contribution in [0.4, 0.5) is 8.78 Å². The van der Waals surface area contributed by atoms with E-state index in [2.05, 4.69) is 5.43 Å². The van der Waals surface area contributed by atoms with Crippen LogP contribution in [0.15, 0.2) is 0 Å². The Morgan fingerprint density at radius 2 is 2.10 bits per heavy atom. The standard InChI is InChI=1S/C6H10F2N2/c1-3-4-5(6(4,7)8)10(2)9-3/h3-5,9H,1-2H3/t3-,4?,5?/m1/s1. The van der Waals surface area contributed by atoms with Gasteiger partial charge in [0.1, 0.15) is 0 Å². The zero-order valence-corrected chi connectivity index (χ0v) is 5.94. The second-order valence-corrected chi connectivity index (χ2v) is 3.17. The van der Waals surface area contributed by atoms with Crippen LogP contribution in [0.2, 0.25) is 0 Å². The lowest BCUT2D eigenvalue weighted by atomic mass is 10.2. The molecule has 1 aliphatic heterocycles. The fourth-order valence-corrected chi connectivity index (χ4v) is 1.92. The lowest BCUT2D eigenvalue weighted by molar-refractivity contribution is 0.0295. The average Bonchev–Trinajstić information content (AvgIpc) is 2.17. The minimum absolute atomic E-state index is 0.0648. The van der Waals surface area contributed by atoms with Crippen molar-refractivity contribution in [2.45, 2.75) is 24.9 Å². The fourth-order valence-electron chi connectivity index (χ4n) is 1.92. The molecule has 10 heavy (non-hydrogen) atoms. The molecule has 0 radical (unpaired) electrons. The largest absolute Gasteiger partial charge is 0.271 e. The van der Waals surface area contributed by atoms with E-state index in [9.17, 15) is 8.78 Å². The Hall–Kier alpha value is -0.220. The third kappa shape index (κ3) is 0.538. The van der Waals surface area contributed by atoms with E-state index in [0.717, 1.165) is 0 Å². The summed E-state index contributed by atoms with van der Waals surface area (Å²) in [5.74, 6) is -2.88. The van der Waals surface area contributed by atoms with Crippen molar-refractivity contribution in [2.24, 2.45) is 5.92 Å². The van der Waals surface area contributed by atoms with Gasteiger partial charge >= 0.3 is 0 Å². The van der Waals surface area contributed by atoms with Crippen LogP contribution in [-0.2, 0) is 0 Å². The van der Waals surface area contributed by atoms with Crippen molar-refractivity contribution >= 4 is 0 Å². The lowest BCUT2D eigenvalue weighted by Gasteiger charge is -2.17. The van der Waals surface area contributed by atoms with Crippen LogP contribution in [0.5, 0.6) is 0 Å². The Labute approximate surface area is 58.2 Å². The van der Waals surface area contributed by atoms with Gasteiger partial charge in [0.05, 0.1) is 12.0 Å². The highest BCUT2D eigenvalue weighted by molar-refractivity contribution is 5.18. The Kier molecular flexibility index (Phi) is 0.978. The highest BCUT2D eigenvalue weighted by Gasteiger charge is 2.75. The predicted octanol–water partition coefficient (Wildman–Crippen LogP) is 0.459. The third-order valence-corrected chi connectivity index (χ3v) is 2.43. The summed E-state index contributed by atoms with van der Waals surface area (Å²) in [6, 6.07) is -0.604. The van der Waals surface area contributed by atoms with Gasteiger partial charge in [-0.3, -0.25) is 5.43 Å². The van der Waals surface area contributed by atoms with Crippen LogP contribution in [0.1, 0.15) is 6.92 Å². The SMILES string of the molecule is C[C@H]1NN(C)C2C1C2(F)F. The van der Waals surface area contributed by atoms with Crippen LogP contribution in [-0.4, -0.2) is 30.1 Å². The summed E-state index contributed by atoms with van der Waals surface area (Å²) in [6.07, 6.45) is 0. The Morgan fingerprint density at radius 3 is 2.30 bits per heavy atom. The highest BCUT2D eigenvalue weighted by atomic mass is 19.3. The van der Waals surface area contributed by atoms with Crippen LogP contribution in [0.25, 0.3) is 0 Å². The topological polar surface area (TPSA) is 15.3 Å². The van der Waals surface area contributed by atoms with E-state index in [1.54, 1.807) is 14.0 Å². The fraction of sp³-hybridized carbons (Fsp3) is 1.00. The summed E-state index contributed by atoms with van der Waals surface area (Å²) in [4.78, 5) is 0. The van der Waals surface area contributed by atoms with Gasteiger partial charge in [0.25, 0.3) is 5.92 Å². The van der Waals surface area contributed by atoms with E-state index < -0.39 is 17.9 Å². The maximum atomic E-state index is 12.7. The van der Waals surface area contributed by atoms with Gasteiger partial charge in [0.15, 0.2) is 0 Å². The first kappa shape index (κ1) is 6.49. The van der Waals surface area contributed by atoms with Gasteiger partial charge in [-0.2, -0.15) is 0 Å². The molecule has 2 unspecified atom stereocenters. The molecule has 2 fully saturated rings. The molecule has 0 aromatic heterocycles. The van der Waals surface area contributed by atoms with Gasteiger partial charge in [-0.15, -0.1) is 0 Å². The molecular formula is C6H10F2N2. The van der Waals surface area contributed by atoms with E-state index in [4.69, 9.17) is 0 Å². The van der Waals surface area contributed by atoms with Gasteiger partial charge in [0, 0.05) is 13.1 Å². The van der Waals surface area contributed by atoms with E-state index in [0.29, 0.717) is 0 Å². The van der Waals surface area contributed by atoms with Crippen molar-refractivity contribution in [2.75, 3.05) is 7.05 Å². The molecule has 2 aliphatic rings. The van der Waals surface area contributed by atoms with Crippen LogP contribution < -0.4 is 5.43 Å². The number of halogens is 2. The molecule has 0 bridgehead atoms. The van der Waals surface area contributed by atoms with E-state index in [1.807, 2.05) is 0 Å². The molecule has 2 nitrogen and oxygen atoms in total. The number of nitrogens with one attached hydrogen (secondary N) is 1. The zero-order valence-electron chi connectivity index (χ0n) is 5.94. The summed E-state index contributed by atoms with van der Waals surface area (Å²) in [6.45, 7) is 1.79. The summed E-state index contributed by atoms with van der Waals surface area (Å²) < 4.78 is 25.3. The number of fused-ring (bicyclic) bond motifs is 1. The smallest absolute Gasteiger partial charge is 0.252 e. The minimum Gasteiger partial charge on any atom is -0.252 e. The van der Waals surface area contributed by atoms with Crippen molar-refractivity contribution in [3.8, 4) is 0 Å². The molecule has 1 saturated carbocycles. The highest BCUT2D eigenvalue weighted by Crippen LogP contribution is 2.56. The third-order valence-electron chi connectivity index (χ3n) is 2.43. The molecule has 0 aromatic carbocycles. The van der Waals surface area contributed by atoms with Gasteiger partial charge < -0.3 is 0 Å². The normalized spacial score (nSPS) is 51.0. The van der Waals surface area contributed by atoms with Crippen LogP contribution in [0.3, 0.4) is 0 Å². The molecule has 0 amide bonds. The molecular weight excluding hydrogens is 138 g/mol. The maximum absolute atomic E-state index is 12.7.